The number of aromatic nitrogens is 1. The maximum atomic E-state index is 12.5. The highest BCUT2D eigenvalue weighted by Gasteiger charge is 2.19. The van der Waals surface area contributed by atoms with Crippen LogP contribution in [0.5, 0.6) is 5.75 Å². The van der Waals surface area contributed by atoms with E-state index >= 15 is 0 Å². The second-order valence-electron chi connectivity index (χ2n) is 7.37. The summed E-state index contributed by atoms with van der Waals surface area (Å²) in [5, 5.41) is 6.67. The number of benzene rings is 2. The second kappa shape index (κ2) is 9.93. The molecule has 0 aliphatic heterocycles. The Morgan fingerprint density at radius 1 is 1.10 bits per heavy atom. The van der Waals surface area contributed by atoms with Gasteiger partial charge in [0.15, 0.2) is 6.10 Å². The van der Waals surface area contributed by atoms with E-state index in [4.69, 9.17) is 14.0 Å². The van der Waals surface area contributed by atoms with Crippen molar-refractivity contribution in [2.24, 2.45) is 0 Å². The minimum absolute atomic E-state index is 0.275. The van der Waals surface area contributed by atoms with E-state index in [1.54, 1.807) is 31.2 Å². The van der Waals surface area contributed by atoms with Gasteiger partial charge in [-0.1, -0.05) is 41.1 Å². The Kier molecular flexibility index (Phi) is 7.07. The fourth-order valence-electron chi connectivity index (χ4n) is 2.90. The molecule has 7 nitrogen and oxygen atoms in total. The quantitative estimate of drug-likeness (QED) is 0.551. The number of amides is 1. The molecule has 162 valence electrons. The third-order valence-electron chi connectivity index (χ3n) is 4.87. The van der Waals surface area contributed by atoms with Crippen LogP contribution in [0.2, 0.25) is 0 Å². The van der Waals surface area contributed by atoms with Crippen LogP contribution < -0.4 is 10.1 Å². The van der Waals surface area contributed by atoms with Crippen molar-refractivity contribution in [2.75, 3.05) is 0 Å². The van der Waals surface area contributed by atoms with E-state index in [0.29, 0.717) is 23.6 Å². The molecule has 0 aliphatic rings. The maximum Gasteiger partial charge on any atom is 0.339 e. The Labute approximate surface area is 181 Å². The first-order chi connectivity index (χ1) is 14.8. The van der Waals surface area contributed by atoms with Gasteiger partial charge in [-0.2, -0.15) is 0 Å². The van der Waals surface area contributed by atoms with Gasteiger partial charge >= 0.3 is 5.97 Å². The van der Waals surface area contributed by atoms with E-state index in [0.717, 1.165) is 22.4 Å². The molecule has 1 amide bonds. The monoisotopic (exact) mass is 422 g/mol. The van der Waals surface area contributed by atoms with Crippen molar-refractivity contribution in [3.05, 3.63) is 82.2 Å². The molecule has 1 atom stereocenters. The zero-order valence-corrected chi connectivity index (χ0v) is 18.1. The van der Waals surface area contributed by atoms with Crippen LogP contribution in [0.1, 0.15) is 45.4 Å². The molecule has 0 radical (unpaired) electrons. The minimum atomic E-state index is -0.926. The van der Waals surface area contributed by atoms with Gasteiger partial charge in [0.1, 0.15) is 18.1 Å². The topological polar surface area (TPSA) is 90.7 Å². The smallest absolute Gasteiger partial charge is 0.339 e. The minimum Gasteiger partial charge on any atom is -0.489 e. The molecule has 7 heteroatoms. The summed E-state index contributed by atoms with van der Waals surface area (Å²) in [7, 11) is 0. The number of rotatable bonds is 8. The summed E-state index contributed by atoms with van der Waals surface area (Å²) in [6.07, 6.45) is -0.926. The zero-order chi connectivity index (χ0) is 22.4. The lowest BCUT2D eigenvalue weighted by Crippen LogP contribution is -2.35. The van der Waals surface area contributed by atoms with E-state index < -0.39 is 12.1 Å². The van der Waals surface area contributed by atoms with Gasteiger partial charge < -0.3 is 19.3 Å². The van der Waals surface area contributed by atoms with Crippen molar-refractivity contribution in [2.45, 2.75) is 47.0 Å². The third kappa shape index (κ3) is 5.94. The average molecular weight is 422 g/mol. The first-order valence-corrected chi connectivity index (χ1v) is 10.0. The number of ether oxygens (including phenoxy) is 2. The Hall–Kier alpha value is -3.61. The van der Waals surface area contributed by atoms with Crippen LogP contribution in [-0.4, -0.2) is 23.1 Å². The number of carbonyl (C=O) groups is 2. The van der Waals surface area contributed by atoms with E-state index in [1.165, 1.54) is 0 Å². The van der Waals surface area contributed by atoms with Crippen LogP contribution in [0.15, 0.2) is 53.1 Å². The van der Waals surface area contributed by atoms with Gasteiger partial charge in [-0.3, -0.25) is 4.79 Å². The number of carbonyl (C=O) groups excluding carboxylic acids is 2. The van der Waals surface area contributed by atoms with Crippen molar-refractivity contribution in [1.82, 2.24) is 10.5 Å². The summed E-state index contributed by atoms with van der Waals surface area (Å²) in [4.78, 5) is 24.8. The Balaban J connectivity index is 1.53. The highest BCUT2D eigenvalue weighted by Crippen LogP contribution is 2.19. The summed E-state index contributed by atoms with van der Waals surface area (Å²) in [5.41, 5.74) is 4.05. The molecule has 0 spiro atoms. The fourth-order valence-corrected chi connectivity index (χ4v) is 2.90. The third-order valence-corrected chi connectivity index (χ3v) is 4.87. The largest absolute Gasteiger partial charge is 0.489 e. The average Bonchev–Trinajstić information content (AvgIpc) is 3.09. The Bertz CT molecular complexity index is 1040. The molecule has 0 bridgehead atoms. The highest BCUT2D eigenvalue weighted by molar-refractivity contribution is 5.92. The van der Waals surface area contributed by atoms with Gasteiger partial charge in [0.2, 0.25) is 0 Å². The summed E-state index contributed by atoms with van der Waals surface area (Å²) in [6.45, 7) is 7.84. The molecule has 3 rings (SSSR count). The lowest BCUT2D eigenvalue weighted by atomic mass is 10.1. The number of hydrogen-bond donors (Lipinski definition) is 1. The molecule has 2 aromatic carbocycles. The predicted molar refractivity (Wildman–Crippen MR) is 115 cm³/mol. The highest BCUT2D eigenvalue weighted by atomic mass is 16.5. The molecule has 1 aromatic heterocycles. The van der Waals surface area contributed by atoms with E-state index in [1.807, 2.05) is 45.0 Å². The second-order valence-corrected chi connectivity index (χ2v) is 7.37. The Morgan fingerprint density at radius 3 is 2.52 bits per heavy atom. The van der Waals surface area contributed by atoms with Crippen molar-refractivity contribution in [3.63, 3.8) is 0 Å². The van der Waals surface area contributed by atoms with E-state index in [9.17, 15) is 9.59 Å². The number of hydrogen-bond acceptors (Lipinski definition) is 6. The van der Waals surface area contributed by atoms with Gasteiger partial charge in [0.05, 0.1) is 16.8 Å². The van der Waals surface area contributed by atoms with Crippen molar-refractivity contribution < 1.29 is 23.6 Å². The number of aryl methyl sites for hydroxylation is 3. The standard InChI is InChI=1S/C24H26N2O5/c1-15-8-10-19(11-9-15)13-25-23(27)18(4)30-24(28)20-6-5-7-21(12-20)29-14-22-16(2)26-31-17(22)3/h5-12,18H,13-14H2,1-4H3,(H,25,27)/t18-/m1/s1. The first-order valence-electron chi connectivity index (χ1n) is 10.0. The predicted octanol–water partition coefficient (Wildman–Crippen LogP) is 4.04. The van der Waals surface area contributed by atoms with Crippen molar-refractivity contribution in [3.8, 4) is 5.75 Å². The van der Waals surface area contributed by atoms with Crippen molar-refractivity contribution >= 4 is 11.9 Å². The molecule has 0 unspecified atom stereocenters. The van der Waals surface area contributed by atoms with Gasteiger partial charge in [0, 0.05) is 6.54 Å². The molecule has 0 saturated carbocycles. The van der Waals surface area contributed by atoms with Crippen LogP contribution in [0.3, 0.4) is 0 Å². The van der Waals surface area contributed by atoms with Gasteiger partial charge in [-0.15, -0.1) is 0 Å². The SMILES string of the molecule is Cc1ccc(CNC(=O)[C@@H](C)OC(=O)c2cccc(OCc3c(C)noc3C)c2)cc1. The Morgan fingerprint density at radius 2 is 1.84 bits per heavy atom. The van der Waals surface area contributed by atoms with E-state index in [2.05, 4.69) is 10.5 Å². The summed E-state index contributed by atoms with van der Waals surface area (Å²) >= 11 is 0. The summed E-state index contributed by atoms with van der Waals surface area (Å²) in [5.74, 6) is 0.241. The van der Waals surface area contributed by atoms with Crippen molar-refractivity contribution in [1.29, 1.82) is 0 Å². The molecule has 0 fully saturated rings. The lowest BCUT2D eigenvalue weighted by Gasteiger charge is -2.14. The molecule has 3 aromatic rings. The molecule has 1 N–H and O–H groups in total. The lowest BCUT2D eigenvalue weighted by molar-refractivity contribution is -0.129. The summed E-state index contributed by atoms with van der Waals surface area (Å²) in [6, 6.07) is 14.5. The molecule has 31 heavy (non-hydrogen) atoms. The maximum absolute atomic E-state index is 12.5. The molecular weight excluding hydrogens is 396 g/mol. The van der Waals surface area contributed by atoms with Crippen LogP contribution in [0, 0.1) is 20.8 Å². The first kappa shape index (κ1) is 22.1. The fraction of sp³-hybridized carbons (Fsp3) is 0.292. The van der Waals surface area contributed by atoms with Crippen LogP contribution >= 0.6 is 0 Å². The normalized spacial score (nSPS) is 11.6. The van der Waals surface area contributed by atoms with Gasteiger partial charge in [0.25, 0.3) is 5.91 Å². The molecule has 1 heterocycles. The van der Waals surface area contributed by atoms with Gasteiger partial charge in [-0.25, -0.2) is 4.79 Å². The van der Waals surface area contributed by atoms with Crippen LogP contribution in [0.25, 0.3) is 0 Å². The number of nitrogens with one attached hydrogen (secondary N) is 1. The number of nitrogens with zero attached hydrogens (tertiary/aromatic N) is 1. The van der Waals surface area contributed by atoms with Gasteiger partial charge in [-0.05, 0) is 51.5 Å². The van der Waals surface area contributed by atoms with Crippen LogP contribution in [-0.2, 0) is 22.7 Å². The van der Waals surface area contributed by atoms with E-state index in [-0.39, 0.29) is 12.5 Å². The zero-order valence-electron chi connectivity index (χ0n) is 18.1. The molecule has 0 aliphatic carbocycles. The van der Waals surface area contributed by atoms with Crippen LogP contribution in [0.4, 0.5) is 0 Å². The summed E-state index contributed by atoms with van der Waals surface area (Å²) < 4.78 is 16.2. The molecular formula is C24H26N2O5. The number of esters is 1. The molecule has 0 saturated heterocycles.